The summed E-state index contributed by atoms with van der Waals surface area (Å²) in [4.78, 5) is 12.3. The topological polar surface area (TPSA) is 26.3 Å². The van der Waals surface area contributed by atoms with E-state index < -0.39 is 0 Å². The molecule has 0 spiro atoms. The van der Waals surface area contributed by atoms with Crippen LogP contribution in [-0.2, 0) is 6.42 Å². The third-order valence-electron chi connectivity index (χ3n) is 3.18. The molecule has 1 unspecified atom stereocenters. The average molecular weight is 254 g/mol. The molecule has 0 aliphatic heterocycles. The lowest BCUT2D eigenvalue weighted by molar-refractivity contribution is 0.0929. The SMILES string of the molecule is COc1cccc(CC(C)C(=O)c2ccccc2)c1. The largest absolute Gasteiger partial charge is 0.497 e. The molecule has 0 radical (unpaired) electrons. The van der Waals surface area contributed by atoms with Crippen molar-refractivity contribution < 1.29 is 9.53 Å². The summed E-state index contributed by atoms with van der Waals surface area (Å²) in [6.07, 6.45) is 0.727. The van der Waals surface area contributed by atoms with Gasteiger partial charge in [0.05, 0.1) is 7.11 Å². The first-order valence-corrected chi connectivity index (χ1v) is 6.43. The van der Waals surface area contributed by atoms with Crippen LogP contribution in [0.1, 0.15) is 22.8 Å². The summed E-state index contributed by atoms with van der Waals surface area (Å²) in [7, 11) is 1.65. The summed E-state index contributed by atoms with van der Waals surface area (Å²) in [5, 5.41) is 0. The van der Waals surface area contributed by atoms with Gasteiger partial charge < -0.3 is 4.74 Å². The van der Waals surface area contributed by atoms with E-state index in [0.29, 0.717) is 0 Å². The van der Waals surface area contributed by atoms with Gasteiger partial charge in [0, 0.05) is 11.5 Å². The van der Waals surface area contributed by atoms with Crippen LogP contribution in [-0.4, -0.2) is 12.9 Å². The Morgan fingerprint density at radius 2 is 1.84 bits per heavy atom. The van der Waals surface area contributed by atoms with Crippen molar-refractivity contribution in [1.82, 2.24) is 0 Å². The minimum absolute atomic E-state index is 0.0329. The number of carbonyl (C=O) groups excluding carboxylic acids is 1. The van der Waals surface area contributed by atoms with Crippen molar-refractivity contribution in [2.24, 2.45) is 5.92 Å². The number of ether oxygens (including phenoxy) is 1. The summed E-state index contributed by atoms with van der Waals surface area (Å²) in [6.45, 7) is 1.97. The number of methoxy groups -OCH3 is 1. The van der Waals surface area contributed by atoms with Crippen molar-refractivity contribution in [3.8, 4) is 5.75 Å². The predicted octanol–water partition coefficient (Wildman–Crippen LogP) is 3.76. The summed E-state index contributed by atoms with van der Waals surface area (Å²) < 4.78 is 5.20. The van der Waals surface area contributed by atoms with E-state index in [-0.39, 0.29) is 11.7 Å². The molecule has 19 heavy (non-hydrogen) atoms. The first-order chi connectivity index (χ1) is 9.20. The molecule has 0 aromatic heterocycles. The predicted molar refractivity (Wildman–Crippen MR) is 76.6 cm³/mol. The lowest BCUT2D eigenvalue weighted by Crippen LogP contribution is -2.13. The van der Waals surface area contributed by atoms with Crippen molar-refractivity contribution in [1.29, 1.82) is 0 Å². The number of Topliss-reactive ketones (excluding diaryl/α,β-unsaturated/α-hetero) is 1. The Balaban J connectivity index is 2.08. The molecular weight excluding hydrogens is 236 g/mol. The number of rotatable bonds is 5. The smallest absolute Gasteiger partial charge is 0.165 e. The Kier molecular flexibility index (Phi) is 4.35. The van der Waals surface area contributed by atoms with E-state index in [1.807, 2.05) is 61.5 Å². The molecular formula is C17H18O2. The molecule has 0 heterocycles. The maximum absolute atomic E-state index is 12.3. The maximum atomic E-state index is 12.3. The minimum Gasteiger partial charge on any atom is -0.497 e. The van der Waals surface area contributed by atoms with Gasteiger partial charge in [0.25, 0.3) is 0 Å². The molecule has 2 aromatic rings. The van der Waals surface area contributed by atoms with E-state index >= 15 is 0 Å². The van der Waals surface area contributed by atoms with Crippen LogP contribution >= 0.6 is 0 Å². The van der Waals surface area contributed by atoms with Gasteiger partial charge in [-0.05, 0) is 24.1 Å². The average Bonchev–Trinajstić information content (AvgIpc) is 2.47. The van der Waals surface area contributed by atoms with Crippen molar-refractivity contribution >= 4 is 5.78 Å². The number of hydrogen-bond donors (Lipinski definition) is 0. The molecule has 0 saturated carbocycles. The van der Waals surface area contributed by atoms with E-state index in [1.165, 1.54) is 0 Å². The molecule has 1 atom stereocenters. The van der Waals surface area contributed by atoms with Crippen LogP contribution < -0.4 is 4.74 Å². The highest BCUT2D eigenvalue weighted by atomic mass is 16.5. The van der Waals surface area contributed by atoms with Gasteiger partial charge in [-0.2, -0.15) is 0 Å². The second-order valence-electron chi connectivity index (χ2n) is 4.69. The molecule has 2 aromatic carbocycles. The van der Waals surface area contributed by atoms with Crippen LogP contribution in [0, 0.1) is 5.92 Å². The number of benzene rings is 2. The van der Waals surface area contributed by atoms with Crippen LogP contribution in [0.25, 0.3) is 0 Å². The first-order valence-electron chi connectivity index (χ1n) is 6.43. The second-order valence-corrected chi connectivity index (χ2v) is 4.69. The summed E-state index contributed by atoms with van der Waals surface area (Å²) in [6, 6.07) is 17.3. The minimum atomic E-state index is -0.0329. The standard InChI is InChI=1S/C17H18O2/c1-13(17(18)15-8-4-3-5-9-15)11-14-7-6-10-16(12-14)19-2/h3-10,12-13H,11H2,1-2H3. The molecule has 2 nitrogen and oxygen atoms in total. The third kappa shape index (κ3) is 3.44. The van der Waals surface area contributed by atoms with Gasteiger partial charge in [-0.25, -0.2) is 0 Å². The summed E-state index contributed by atoms with van der Waals surface area (Å²) in [5.41, 5.74) is 1.90. The molecule has 0 aliphatic rings. The van der Waals surface area contributed by atoms with Crippen LogP contribution in [0.4, 0.5) is 0 Å². The molecule has 0 saturated heterocycles. The Bertz CT molecular complexity index is 546. The quantitative estimate of drug-likeness (QED) is 0.759. The van der Waals surface area contributed by atoms with Crippen LogP contribution in [0.15, 0.2) is 54.6 Å². The highest BCUT2D eigenvalue weighted by molar-refractivity contribution is 5.97. The first kappa shape index (κ1) is 13.3. The fourth-order valence-corrected chi connectivity index (χ4v) is 2.13. The Hall–Kier alpha value is -2.09. The van der Waals surface area contributed by atoms with Crippen LogP contribution in [0.2, 0.25) is 0 Å². The number of carbonyl (C=O) groups is 1. The Morgan fingerprint density at radius 3 is 2.53 bits per heavy atom. The van der Waals surface area contributed by atoms with Crippen molar-refractivity contribution in [2.75, 3.05) is 7.11 Å². The van der Waals surface area contributed by atoms with E-state index in [1.54, 1.807) is 7.11 Å². The fourth-order valence-electron chi connectivity index (χ4n) is 2.13. The zero-order valence-corrected chi connectivity index (χ0v) is 11.3. The Morgan fingerprint density at radius 1 is 1.11 bits per heavy atom. The lowest BCUT2D eigenvalue weighted by atomic mass is 9.93. The van der Waals surface area contributed by atoms with Gasteiger partial charge in [-0.3, -0.25) is 4.79 Å². The van der Waals surface area contributed by atoms with E-state index in [4.69, 9.17) is 4.74 Å². The molecule has 0 aliphatic carbocycles. The third-order valence-corrected chi connectivity index (χ3v) is 3.18. The van der Waals surface area contributed by atoms with Gasteiger partial charge in [0.15, 0.2) is 5.78 Å². The van der Waals surface area contributed by atoms with Gasteiger partial charge in [0.2, 0.25) is 0 Å². The second kappa shape index (κ2) is 6.19. The highest BCUT2D eigenvalue weighted by Gasteiger charge is 2.15. The molecule has 2 rings (SSSR count). The Labute approximate surface area is 114 Å². The zero-order valence-electron chi connectivity index (χ0n) is 11.3. The maximum Gasteiger partial charge on any atom is 0.165 e. The van der Waals surface area contributed by atoms with Gasteiger partial charge in [-0.15, -0.1) is 0 Å². The van der Waals surface area contributed by atoms with Crippen LogP contribution in [0.3, 0.4) is 0 Å². The van der Waals surface area contributed by atoms with Gasteiger partial charge in [0.1, 0.15) is 5.75 Å². The van der Waals surface area contributed by atoms with E-state index in [2.05, 4.69) is 0 Å². The van der Waals surface area contributed by atoms with E-state index in [0.717, 1.165) is 23.3 Å². The lowest BCUT2D eigenvalue weighted by Gasteiger charge is -2.11. The van der Waals surface area contributed by atoms with Crippen molar-refractivity contribution in [3.63, 3.8) is 0 Å². The zero-order chi connectivity index (χ0) is 13.7. The molecule has 0 bridgehead atoms. The van der Waals surface area contributed by atoms with Crippen molar-refractivity contribution in [3.05, 3.63) is 65.7 Å². The number of hydrogen-bond acceptors (Lipinski definition) is 2. The summed E-state index contributed by atoms with van der Waals surface area (Å²) in [5.74, 6) is 0.981. The van der Waals surface area contributed by atoms with Crippen LogP contribution in [0.5, 0.6) is 5.75 Å². The fraction of sp³-hybridized carbons (Fsp3) is 0.235. The molecule has 2 heteroatoms. The highest BCUT2D eigenvalue weighted by Crippen LogP contribution is 2.18. The molecule has 0 amide bonds. The molecule has 0 N–H and O–H groups in total. The van der Waals surface area contributed by atoms with Gasteiger partial charge >= 0.3 is 0 Å². The van der Waals surface area contributed by atoms with Gasteiger partial charge in [-0.1, -0.05) is 49.4 Å². The summed E-state index contributed by atoms with van der Waals surface area (Å²) >= 11 is 0. The molecule has 0 fully saturated rings. The van der Waals surface area contributed by atoms with E-state index in [9.17, 15) is 4.79 Å². The van der Waals surface area contributed by atoms with Crippen molar-refractivity contribution in [2.45, 2.75) is 13.3 Å². The molecule has 98 valence electrons. The monoisotopic (exact) mass is 254 g/mol. The number of ketones is 1. The normalized spacial score (nSPS) is 11.9.